The van der Waals surface area contributed by atoms with Gasteiger partial charge in [0.05, 0.1) is 17.2 Å². The second-order valence-electron chi connectivity index (χ2n) is 10.1. The molecule has 12 heteroatoms. The third-order valence-electron chi connectivity index (χ3n) is 6.99. The first-order valence-corrected chi connectivity index (χ1v) is 13.3. The average Bonchev–Trinajstić information content (AvgIpc) is 3.26. The Bertz CT molecular complexity index is 1680. The molecule has 0 saturated heterocycles. The Hall–Kier alpha value is -4.25. The molecular formula is C31H26ClF6N3O2. The van der Waals surface area contributed by atoms with Crippen molar-refractivity contribution in [2.45, 2.75) is 31.7 Å². The Morgan fingerprint density at radius 3 is 2.23 bits per heavy atom. The smallest absolute Gasteiger partial charge is 0.350 e. The van der Waals surface area contributed by atoms with Crippen LogP contribution in [0.15, 0.2) is 79.0 Å². The van der Waals surface area contributed by atoms with Crippen molar-refractivity contribution in [3.05, 3.63) is 112 Å². The number of anilines is 1. The van der Waals surface area contributed by atoms with Crippen LogP contribution in [0.4, 0.5) is 32.0 Å². The van der Waals surface area contributed by atoms with Crippen LogP contribution >= 0.6 is 11.6 Å². The third-order valence-corrected chi connectivity index (χ3v) is 7.22. The van der Waals surface area contributed by atoms with E-state index in [0.717, 1.165) is 33.0 Å². The number of carbonyl (C=O) groups is 2. The SMILES string of the molecule is Cc1ccc(Cl)cc1NC(=O)C=CC(Cc1cn(C)c2ccccc12)N(C)C(=O)c1cc(C(F)(F)F)cc(C(F)(F)F)c1. The first kappa shape index (κ1) is 31.7. The van der Waals surface area contributed by atoms with E-state index in [1.807, 2.05) is 42.1 Å². The van der Waals surface area contributed by atoms with E-state index >= 15 is 0 Å². The first-order chi connectivity index (χ1) is 20.0. The minimum absolute atomic E-state index is 0.0353. The largest absolute Gasteiger partial charge is 0.416 e. The number of alkyl halides is 6. The van der Waals surface area contributed by atoms with Gasteiger partial charge in [0.15, 0.2) is 0 Å². The molecule has 2 amide bonds. The third kappa shape index (κ3) is 7.40. The number of halogens is 7. The van der Waals surface area contributed by atoms with Crippen molar-refractivity contribution < 1.29 is 35.9 Å². The van der Waals surface area contributed by atoms with Crippen LogP contribution in [0.5, 0.6) is 0 Å². The molecule has 0 fully saturated rings. The van der Waals surface area contributed by atoms with Gasteiger partial charge in [0.25, 0.3) is 5.91 Å². The molecule has 43 heavy (non-hydrogen) atoms. The second-order valence-corrected chi connectivity index (χ2v) is 10.5. The summed E-state index contributed by atoms with van der Waals surface area (Å²) in [4.78, 5) is 27.3. The lowest BCUT2D eigenvalue weighted by molar-refractivity contribution is -0.143. The number of nitrogens with zero attached hydrogens (tertiary/aromatic N) is 2. The maximum absolute atomic E-state index is 13.5. The van der Waals surface area contributed by atoms with E-state index in [1.54, 1.807) is 25.1 Å². The lowest BCUT2D eigenvalue weighted by Crippen LogP contribution is -2.37. The monoisotopic (exact) mass is 621 g/mol. The van der Waals surface area contributed by atoms with Crippen molar-refractivity contribution in [2.24, 2.45) is 7.05 Å². The molecule has 226 valence electrons. The highest BCUT2D eigenvalue weighted by Gasteiger charge is 2.38. The van der Waals surface area contributed by atoms with Crippen molar-refractivity contribution in [1.82, 2.24) is 9.47 Å². The fraction of sp³-hybridized carbons (Fsp3) is 0.226. The molecule has 1 atom stereocenters. The van der Waals surface area contributed by atoms with E-state index in [2.05, 4.69) is 5.32 Å². The molecule has 3 aromatic carbocycles. The van der Waals surface area contributed by atoms with Crippen molar-refractivity contribution in [3.8, 4) is 0 Å². The van der Waals surface area contributed by atoms with Gasteiger partial charge in [-0.3, -0.25) is 9.59 Å². The molecule has 1 unspecified atom stereocenters. The van der Waals surface area contributed by atoms with Crippen LogP contribution in [0.25, 0.3) is 10.9 Å². The summed E-state index contributed by atoms with van der Waals surface area (Å²) in [5, 5.41) is 3.91. The van der Waals surface area contributed by atoms with Gasteiger partial charge < -0.3 is 14.8 Å². The van der Waals surface area contributed by atoms with Crippen LogP contribution in [0.3, 0.4) is 0 Å². The number of amides is 2. The Kier molecular flexibility index (Phi) is 8.96. The van der Waals surface area contributed by atoms with Crippen LogP contribution in [0, 0.1) is 6.92 Å². The van der Waals surface area contributed by atoms with Gasteiger partial charge in [-0.25, -0.2) is 0 Å². The van der Waals surface area contributed by atoms with E-state index < -0.39 is 46.9 Å². The molecule has 1 heterocycles. The number of aromatic nitrogens is 1. The molecule has 0 saturated carbocycles. The maximum Gasteiger partial charge on any atom is 0.416 e. The van der Waals surface area contributed by atoms with Gasteiger partial charge in [0.2, 0.25) is 5.91 Å². The summed E-state index contributed by atoms with van der Waals surface area (Å²) in [6, 6.07) is 12.1. The molecular weight excluding hydrogens is 596 g/mol. The number of aryl methyl sites for hydroxylation is 2. The van der Waals surface area contributed by atoms with E-state index in [9.17, 15) is 35.9 Å². The normalized spacial score (nSPS) is 13.0. The van der Waals surface area contributed by atoms with E-state index in [-0.39, 0.29) is 12.5 Å². The molecule has 0 bridgehead atoms. The topological polar surface area (TPSA) is 54.3 Å². The van der Waals surface area contributed by atoms with E-state index in [0.29, 0.717) is 22.8 Å². The number of nitrogens with one attached hydrogen (secondary N) is 1. The van der Waals surface area contributed by atoms with Crippen molar-refractivity contribution in [3.63, 3.8) is 0 Å². The van der Waals surface area contributed by atoms with Gasteiger partial charge in [-0.05, 0) is 60.9 Å². The van der Waals surface area contributed by atoms with Crippen LogP contribution in [0.2, 0.25) is 5.02 Å². The lowest BCUT2D eigenvalue weighted by atomic mass is 10.0. The predicted octanol–water partition coefficient (Wildman–Crippen LogP) is 8.06. The summed E-state index contributed by atoms with van der Waals surface area (Å²) in [6.45, 7) is 1.76. The van der Waals surface area contributed by atoms with Crippen LogP contribution < -0.4 is 5.32 Å². The fourth-order valence-corrected chi connectivity index (χ4v) is 4.85. The Balaban J connectivity index is 1.72. The number of benzene rings is 3. The van der Waals surface area contributed by atoms with Crippen molar-refractivity contribution in [2.75, 3.05) is 12.4 Å². The summed E-state index contributed by atoms with van der Waals surface area (Å²) in [5.74, 6) is -1.66. The van der Waals surface area contributed by atoms with E-state index in [4.69, 9.17) is 11.6 Å². The average molecular weight is 622 g/mol. The number of fused-ring (bicyclic) bond motifs is 1. The van der Waals surface area contributed by atoms with Gasteiger partial charge in [-0.2, -0.15) is 26.3 Å². The highest BCUT2D eigenvalue weighted by atomic mass is 35.5. The van der Waals surface area contributed by atoms with Crippen molar-refractivity contribution in [1.29, 1.82) is 0 Å². The molecule has 0 aliphatic heterocycles. The molecule has 4 aromatic rings. The molecule has 1 aromatic heterocycles. The number of rotatable bonds is 7. The standard InChI is InChI=1S/C31H26ClF6N3O2/c1-18-8-9-23(32)16-26(18)39-28(42)11-10-24(14-20-17-40(2)27-7-5-4-6-25(20)27)41(3)29(43)19-12-21(30(33,34)35)15-22(13-19)31(36,37)38/h4-13,15-17,24H,14H2,1-3H3,(H,39,42). The quantitative estimate of drug-likeness (QED) is 0.168. The Morgan fingerprint density at radius 2 is 1.60 bits per heavy atom. The first-order valence-electron chi connectivity index (χ1n) is 12.9. The highest BCUT2D eigenvalue weighted by molar-refractivity contribution is 6.31. The summed E-state index contributed by atoms with van der Waals surface area (Å²) in [6.07, 6.45) is -5.78. The maximum atomic E-state index is 13.5. The minimum atomic E-state index is -5.12. The number of likely N-dealkylation sites (N-methyl/N-ethyl adjacent to an activating group) is 1. The van der Waals surface area contributed by atoms with Crippen LogP contribution in [-0.4, -0.2) is 34.4 Å². The number of para-hydroxylation sites is 1. The molecule has 5 nitrogen and oxygen atoms in total. The zero-order valence-electron chi connectivity index (χ0n) is 23.1. The molecule has 1 N–H and O–H groups in total. The molecule has 4 rings (SSSR count). The number of carbonyl (C=O) groups excluding carboxylic acids is 2. The minimum Gasteiger partial charge on any atom is -0.350 e. The van der Waals surface area contributed by atoms with Gasteiger partial charge >= 0.3 is 12.4 Å². The molecule has 0 aliphatic carbocycles. The van der Waals surface area contributed by atoms with Crippen LogP contribution in [0.1, 0.15) is 32.6 Å². The second kappa shape index (κ2) is 12.2. The van der Waals surface area contributed by atoms with E-state index in [1.165, 1.54) is 13.1 Å². The van der Waals surface area contributed by atoms with Crippen molar-refractivity contribution >= 4 is 40.0 Å². The number of hydrogen-bond acceptors (Lipinski definition) is 2. The highest BCUT2D eigenvalue weighted by Crippen LogP contribution is 2.37. The van der Waals surface area contributed by atoms with Crippen LogP contribution in [-0.2, 0) is 30.6 Å². The number of hydrogen-bond donors (Lipinski definition) is 1. The predicted molar refractivity (Wildman–Crippen MR) is 153 cm³/mol. The summed E-state index contributed by atoms with van der Waals surface area (Å²) in [5.41, 5.74) is -1.20. The molecule has 0 radical (unpaired) electrons. The van der Waals surface area contributed by atoms with Gasteiger partial charge in [0, 0.05) is 53.5 Å². The lowest BCUT2D eigenvalue weighted by Gasteiger charge is -2.27. The Labute approximate surface area is 248 Å². The van der Waals surface area contributed by atoms with Gasteiger partial charge in [0.1, 0.15) is 0 Å². The zero-order chi connectivity index (χ0) is 31.7. The van der Waals surface area contributed by atoms with Gasteiger partial charge in [-0.15, -0.1) is 0 Å². The van der Waals surface area contributed by atoms with Gasteiger partial charge in [-0.1, -0.05) is 41.9 Å². The Morgan fingerprint density at radius 1 is 0.977 bits per heavy atom. The summed E-state index contributed by atoms with van der Waals surface area (Å²) < 4.78 is 82.7. The summed E-state index contributed by atoms with van der Waals surface area (Å²) in [7, 11) is 3.07. The molecule has 0 spiro atoms. The zero-order valence-corrected chi connectivity index (χ0v) is 23.9. The molecule has 0 aliphatic rings. The fourth-order valence-electron chi connectivity index (χ4n) is 4.68. The summed E-state index contributed by atoms with van der Waals surface area (Å²) >= 11 is 6.02.